The third kappa shape index (κ3) is 2.91. The van der Waals surface area contributed by atoms with Gasteiger partial charge in [-0.3, -0.25) is 4.79 Å². The minimum absolute atomic E-state index is 0.169. The van der Waals surface area contributed by atoms with Crippen LogP contribution in [-0.2, 0) is 11.2 Å². The van der Waals surface area contributed by atoms with Crippen LogP contribution in [0.4, 0.5) is 11.4 Å². The number of benzene rings is 1. The monoisotopic (exact) mass is 268 g/mol. The summed E-state index contributed by atoms with van der Waals surface area (Å²) in [4.78, 5) is 11.8. The van der Waals surface area contributed by atoms with Crippen molar-refractivity contribution >= 4 is 23.4 Å². The Morgan fingerprint density at radius 1 is 1.35 bits per heavy atom. The molecule has 2 aromatic rings. The van der Waals surface area contributed by atoms with Crippen LogP contribution in [0.3, 0.4) is 0 Å². The molecule has 0 saturated heterocycles. The van der Waals surface area contributed by atoms with Crippen molar-refractivity contribution in [2.45, 2.75) is 12.8 Å². The Morgan fingerprint density at radius 2 is 2.30 bits per heavy atom. The molecule has 1 aromatic heterocycles. The van der Waals surface area contributed by atoms with E-state index in [1.165, 1.54) is 11.6 Å². The van der Waals surface area contributed by atoms with Crippen LogP contribution in [0.15, 0.2) is 47.1 Å². The molecule has 0 aliphatic carbocycles. The molecule has 0 fully saturated rings. The molecule has 0 saturated carbocycles. The van der Waals surface area contributed by atoms with E-state index in [-0.39, 0.29) is 5.91 Å². The number of furan rings is 1. The molecule has 0 unspecified atom stereocenters. The van der Waals surface area contributed by atoms with Gasteiger partial charge in [0.2, 0.25) is 5.91 Å². The molecule has 3 rings (SSSR count). The summed E-state index contributed by atoms with van der Waals surface area (Å²) < 4.78 is 5.13. The molecular weight excluding hydrogens is 252 g/mol. The van der Waals surface area contributed by atoms with Gasteiger partial charge in [0.25, 0.3) is 0 Å². The summed E-state index contributed by atoms with van der Waals surface area (Å²) in [5.41, 5.74) is 3.22. The predicted octanol–water partition coefficient (Wildman–Crippen LogP) is 3.29. The van der Waals surface area contributed by atoms with Gasteiger partial charge < -0.3 is 15.1 Å². The third-order valence-electron chi connectivity index (χ3n) is 3.26. The van der Waals surface area contributed by atoms with Gasteiger partial charge in [0.1, 0.15) is 5.76 Å². The predicted molar refractivity (Wildman–Crippen MR) is 79.6 cm³/mol. The van der Waals surface area contributed by atoms with Crippen molar-refractivity contribution in [1.82, 2.24) is 0 Å². The number of nitrogens with one attached hydrogen (secondary N) is 2. The van der Waals surface area contributed by atoms with Gasteiger partial charge in [-0.2, -0.15) is 0 Å². The van der Waals surface area contributed by atoms with Crippen molar-refractivity contribution in [1.29, 1.82) is 0 Å². The molecule has 1 amide bonds. The Hall–Kier alpha value is -2.49. The minimum atomic E-state index is -0.169. The topological polar surface area (TPSA) is 54.3 Å². The smallest absolute Gasteiger partial charge is 0.248 e. The zero-order valence-corrected chi connectivity index (χ0v) is 11.1. The van der Waals surface area contributed by atoms with E-state index in [9.17, 15) is 4.79 Å². The van der Waals surface area contributed by atoms with E-state index < -0.39 is 0 Å². The number of aryl methyl sites for hydroxylation is 1. The first kappa shape index (κ1) is 12.5. The summed E-state index contributed by atoms with van der Waals surface area (Å²) >= 11 is 0. The largest absolute Gasteiger partial charge is 0.465 e. The van der Waals surface area contributed by atoms with E-state index in [2.05, 4.69) is 16.7 Å². The van der Waals surface area contributed by atoms with Gasteiger partial charge in [-0.1, -0.05) is 6.07 Å². The molecular formula is C16H16N2O2. The van der Waals surface area contributed by atoms with Crippen molar-refractivity contribution in [2.75, 3.05) is 17.2 Å². The van der Waals surface area contributed by atoms with E-state index in [4.69, 9.17) is 4.42 Å². The van der Waals surface area contributed by atoms with Crippen LogP contribution in [0.1, 0.15) is 17.7 Å². The summed E-state index contributed by atoms with van der Waals surface area (Å²) in [5.74, 6) is 0.490. The molecule has 0 radical (unpaired) electrons. The molecule has 0 spiro atoms. The summed E-state index contributed by atoms with van der Waals surface area (Å²) in [6.07, 6.45) is 6.93. The van der Waals surface area contributed by atoms with Crippen molar-refractivity contribution in [3.63, 3.8) is 0 Å². The molecule has 4 nitrogen and oxygen atoms in total. The lowest BCUT2D eigenvalue weighted by Gasteiger charge is -2.18. The second-order valence-corrected chi connectivity index (χ2v) is 4.74. The van der Waals surface area contributed by atoms with E-state index >= 15 is 0 Å². The molecule has 0 atom stereocenters. The van der Waals surface area contributed by atoms with Crippen LogP contribution in [0.25, 0.3) is 6.08 Å². The average molecular weight is 268 g/mol. The van der Waals surface area contributed by atoms with Crippen LogP contribution >= 0.6 is 0 Å². The van der Waals surface area contributed by atoms with Crippen LogP contribution in [0.2, 0.25) is 0 Å². The number of hydrogen-bond donors (Lipinski definition) is 2. The number of carbonyl (C=O) groups is 1. The molecule has 20 heavy (non-hydrogen) atoms. The first-order valence-corrected chi connectivity index (χ1v) is 6.71. The number of fused-ring (bicyclic) bond motifs is 1. The van der Waals surface area contributed by atoms with Gasteiger partial charge in [-0.15, -0.1) is 0 Å². The van der Waals surface area contributed by atoms with Gasteiger partial charge in [-0.25, -0.2) is 0 Å². The maximum Gasteiger partial charge on any atom is 0.248 e. The highest BCUT2D eigenvalue weighted by Crippen LogP contribution is 2.25. The van der Waals surface area contributed by atoms with Crippen molar-refractivity contribution in [3.05, 3.63) is 54.0 Å². The first-order valence-electron chi connectivity index (χ1n) is 6.71. The molecule has 102 valence electrons. The highest BCUT2D eigenvalue weighted by Gasteiger charge is 2.09. The van der Waals surface area contributed by atoms with Gasteiger partial charge >= 0.3 is 0 Å². The fourth-order valence-electron chi connectivity index (χ4n) is 2.27. The summed E-state index contributed by atoms with van der Waals surface area (Å²) in [6, 6.07) is 9.56. The van der Waals surface area contributed by atoms with Gasteiger partial charge in [0, 0.05) is 24.0 Å². The molecule has 2 heterocycles. The van der Waals surface area contributed by atoms with E-state index in [1.54, 1.807) is 24.5 Å². The fourth-order valence-corrected chi connectivity index (χ4v) is 2.27. The van der Waals surface area contributed by atoms with Crippen LogP contribution in [0.5, 0.6) is 0 Å². The molecule has 1 aliphatic heterocycles. The second-order valence-electron chi connectivity index (χ2n) is 4.74. The maximum absolute atomic E-state index is 11.8. The lowest BCUT2D eigenvalue weighted by atomic mass is 10.0. The molecule has 2 N–H and O–H groups in total. The Morgan fingerprint density at radius 3 is 3.15 bits per heavy atom. The Balaban J connectivity index is 1.67. The van der Waals surface area contributed by atoms with Gasteiger partial charge in [-0.05, 0) is 48.7 Å². The Labute approximate surface area is 117 Å². The molecule has 1 aromatic carbocycles. The highest BCUT2D eigenvalue weighted by molar-refractivity contribution is 6.02. The molecule has 1 aliphatic rings. The molecule has 0 bridgehead atoms. The number of carbonyl (C=O) groups excluding carboxylic acids is 1. The maximum atomic E-state index is 11.8. The van der Waals surface area contributed by atoms with Crippen molar-refractivity contribution in [3.8, 4) is 0 Å². The van der Waals surface area contributed by atoms with Crippen LogP contribution < -0.4 is 10.6 Å². The zero-order chi connectivity index (χ0) is 13.8. The Kier molecular flexibility index (Phi) is 3.54. The van der Waals surface area contributed by atoms with Crippen LogP contribution in [-0.4, -0.2) is 12.5 Å². The summed E-state index contributed by atoms with van der Waals surface area (Å²) in [7, 11) is 0. The standard InChI is InChI=1S/C16H16N2O2/c19-16(8-7-14-4-2-10-20-14)18-13-6-5-12-3-1-9-17-15(12)11-13/h2,4-8,10-11,17H,1,3,9H2,(H,18,19)/b8-7+. The number of anilines is 2. The van der Waals surface area contributed by atoms with E-state index in [1.807, 2.05) is 12.1 Å². The van der Waals surface area contributed by atoms with E-state index in [0.717, 1.165) is 30.8 Å². The SMILES string of the molecule is O=C(/C=C/c1ccco1)Nc1ccc2c(c1)NCCC2. The summed E-state index contributed by atoms with van der Waals surface area (Å²) in [5, 5.41) is 6.19. The van der Waals surface area contributed by atoms with Crippen molar-refractivity contribution < 1.29 is 9.21 Å². The number of hydrogen-bond acceptors (Lipinski definition) is 3. The van der Waals surface area contributed by atoms with Gasteiger partial charge in [0.15, 0.2) is 0 Å². The lowest BCUT2D eigenvalue weighted by Crippen LogP contribution is -2.13. The van der Waals surface area contributed by atoms with Gasteiger partial charge in [0.05, 0.1) is 6.26 Å². The van der Waals surface area contributed by atoms with Crippen molar-refractivity contribution in [2.24, 2.45) is 0 Å². The first-order chi connectivity index (χ1) is 9.81. The normalized spacial score (nSPS) is 13.8. The molecule has 4 heteroatoms. The number of rotatable bonds is 3. The van der Waals surface area contributed by atoms with Crippen LogP contribution in [0, 0.1) is 0 Å². The summed E-state index contributed by atoms with van der Waals surface area (Å²) in [6.45, 7) is 0.989. The second kappa shape index (κ2) is 5.65. The quantitative estimate of drug-likeness (QED) is 0.840. The zero-order valence-electron chi connectivity index (χ0n) is 11.1. The highest BCUT2D eigenvalue weighted by atomic mass is 16.3. The lowest BCUT2D eigenvalue weighted by molar-refractivity contribution is -0.111. The number of amides is 1. The Bertz CT molecular complexity index is 630. The third-order valence-corrected chi connectivity index (χ3v) is 3.26. The van der Waals surface area contributed by atoms with E-state index in [0.29, 0.717) is 5.76 Å². The fraction of sp³-hybridized carbons (Fsp3) is 0.188. The average Bonchev–Trinajstić information content (AvgIpc) is 2.98. The minimum Gasteiger partial charge on any atom is -0.465 e.